The lowest BCUT2D eigenvalue weighted by Crippen LogP contribution is -2.24. The molecular formula is C16H19Cl3O4. The van der Waals surface area contributed by atoms with E-state index in [0.29, 0.717) is 23.5 Å². The van der Waals surface area contributed by atoms with Crippen LogP contribution in [0.2, 0.25) is 0 Å². The van der Waals surface area contributed by atoms with Gasteiger partial charge in [0.25, 0.3) is 0 Å². The number of carbonyl (C=O) groups is 1. The van der Waals surface area contributed by atoms with Gasteiger partial charge in [0.1, 0.15) is 0 Å². The molecule has 1 unspecified atom stereocenters. The lowest BCUT2D eigenvalue weighted by molar-refractivity contribution is -0.149. The van der Waals surface area contributed by atoms with Gasteiger partial charge in [0.15, 0.2) is 17.6 Å². The second kappa shape index (κ2) is 7.82. The van der Waals surface area contributed by atoms with E-state index in [4.69, 9.17) is 49.0 Å². The highest BCUT2D eigenvalue weighted by molar-refractivity contribution is 6.68. The average Bonchev–Trinajstić information content (AvgIpc) is 2.91. The molecule has 0 aromatic heterocycles. The number of carbonyl (C=O) groups excluding carboxylic acids is 1. The topological polar surface area (TPSA) is 44.8 Å². The van der Waals surface area contributed by atoms with Gasteiger partial charge < -0.3 is 14.2 Å². The van der Waals surface area contributed by atoms with Gasteiger partial charge >= 0.3 is 5.97 Å². The van der Waals surface area contributed by atoms with E-state index in [1.807, 2.05) is 19.9 Å². The third kappa shape index (κ3) is 4.59. The maximum atomic E-state index is 11.9. The SMILES string of the molecule is CCCC(=O)OC(c1cc2c(cc1CCC)OCO2)C(Cl)(Cl)Cl. The molecular weight excluding hydrogens is 363 g/mol. The number of benzene rings is 1. The van der Waals surface area contributed by atoms with Crippen LogP contribution in [0.15, 0.2) is 12.1 Å². The van der Waals surface area contributed by atoms with E-state index in [9.17, 15) is 4.79 Å². The molecule has 0 radical (unpaired) electrons. The number of esters is 1. The molecule has 1 atom stereocenters. The van der Waals surface area contributed by atoms with Gasteiger partial charge in [-0.15, -0.1) is 0 Å². The predicted octanol–water partition coefficient (Wildman–Crippen LogP) is 5.12. The van der Waals surface area contributed by atoms with Crippen LogP contribution in [0, 0.1) is 0 Å². The number of fused-ring (bicyclic) bond motifs is 1. The number of ether oxygens (including phenoxy) is 3. The van der Waals surface area contributed by atoms with Crippen molar-refractivity contribution in [1.29, 1.82) is 0 Å². The minimum Gasteiger partial charge on any atom is -0.454 e. The molecule has 0 bridgehead atoms. The third-order valence-corrected chi connectivity index (χ3v) is 4.03. The van der Waals surface area contributed by atoms with Crippen molar-refractivity contribution in [3.8, 4) is 11.5 Å². The Labute approximate surface area is 150 Å². The molecule has 1 aromatic rings. The van der Waals surface area contributed by atoms with E-state index in [-0.39, 0.29) is 13.2 Å². The van der Waals surface area contributed by atoms with Crippen LogP contribution in [0.3, 0.4) is 0 Å². The van der Waals surface area contributed by atoms with E-state index in [1.165, 1.54) is 0 Å². The maximum absolute atomic E-state index is 11.9. The van der Waals surface area contributed by atoms with Crippen molar-refractivity contribution >= 4 is 40.8 Å². The lowest BCUT2D eigenvalue weighted by atomic mass is 9.98. The summed E-state index contributed by atoms with van der Waals surface area (Å²) in [4.78, 5) is 11.9. The first-order chi connectivity index (χ1) is 10.9. The van der Waals surface area contributed by atoms with Crippen molar-refractivity contribution in [3.63, 3.8) is 0 Å². The van der Waals surface area contributed by atoms with Gasteiger partial charge in [-0.25, -0.2) is 0 Å². The van der Waals surface area contributed by atoms with Crippen LogP contribution in [-0.4, -0.2) is 16.6 Å². The highest BCUT2D eigenvalue weighted by atomic mass is 35.6. The number of rotatable bonds is 6. The van der Waals surface area contributed by atoms with Crippen LogP contribution in [0.25, 0.3) is 0 Å². The summed E-state index contributed by atoms with van der Waals surface area (Å²) < 4.78 is 14.5. The molecule has 1 aliphatic heterocycles. The monoisotopic (exact) mass is 380 g/mol. The Kier molecular flexibility index (Phi) is 6.29. The summed E-state index contributed by atoms with van der Waals surface area (Å²) in [6, 6.07) is 3.59. The highest BCUT2D eigenvalue weighted by Gasteiger charge is 2.39. The maximum Gasteiger partial charge on any atom is 0.306 e. The number of alkyl halides is 3. The summed E-state index contributed by atoms with van der Waals surface area (Å²) in [5.74, 6) is 0.815. The van der Waals surface area contributed by atoms with Gasteiger partial charge in [0, 0.05) is 12.0 Å². The Hall–Kier alpha value is -0.840. The molecule has 128 valence electrons. The second-order valence-electron chi connectivity index (χ2n) is 5.32. The van der Waals surface area contributed by atoms with Gasteiger partial charge in [0.05, 0.1) is 0 Å². The lowest BCUT2D eigenvalue weighted by Gasteiger charge is -2.27. The molecule has 1 aliphatic rings. The van der Waals surface area contributed by atoms with Crippen LogP contribution in [-0.2, 0) is 16.0 Å². The van der Waals surface area contributed by atoms with Crippen molar-refractivity contribution in [2.24, 2.45) is 0 Å². The summed E-state index contributed by atoms with van der Waals surface area (Å²) in [5.41, 5.74) is 1.55. The van der Waals surface area contributed by atoms with Gasteiger partial charge in [-0.2, -0.15) is 0 Å². The summed E-state index contributed by atoms with van der Waals surface area (Å²) in [5, 5.41) is 0. The number of hydrogen-bond donors (Lipinski definition) is 0. The van der Waals surface area contributed by atoms with E-state index < -0.39 is 15.9 Å². The van der Waals surface area contributed by atoms with Crippen molar-refractivity contribution in [1.82, 2.24) is 0 Å². The predicted molar refractivity (Wildman–Crippen MR) is 90.6 cm³/mol. The first-order valence-corrected chi connectivity index (χ1v) is 8.68. The average molecular weight is 382 g/mol. The zero-order chi connectivity index (χ0) is 17.0. The van der Waals surface area contributed by atoms with Crippen LogP contribution in [0.4, 0.5) is 0 Å². The standard InChI is InChI=1S/C16H19Cl3O4/c1-3-5-10-7-12-13(22-9-21-12)8-11(10)15(16(17,18)19)23-14(20)6-4-2/h7-8,15H,3-6,9H2,1-2H3. The summed E-state index contributed by atoms with van der Waals surface area (Å²) in [6.45, 7) is 4.08. The molecule has 1 heterocycles. The van der Waals surface area contributed by atoms with E-state index in [2.05, 4.69) is 0 Å². The number of hydrogen-bond acceptors (Lipinski definition) is 4. The number of aryl methyl sites for hydroxylation is 1. The van der Waals surface area contributed by atoms with Gasteiger partial charge in [-0.1, -0.05) is 55.1 Å². The molecule has 0 saturated carbocycles. The first kappa shape index (κ1) is 18.5. The molecule has 4 nitrogen and oxygen atoms in total. The molecule has 0 fully saturated rings. The normalized spacial score (nSPS) is 14.7. The Bertz CT molecular complexity index is 569. The molecule has 23 heavy (non-hydrogen) atoms. The molecule has 2 rings (SSSR count). The van der Waals surface area contributed by atoms with Crippen molar-refractivity contribution in [2.75, 3.05) is 6.79 Å². The van der Waals surface area contributed by atoms with E-state index >= 15 is 0 Å². The fourth-order valence-electron chi connectivity index (χ4n) is 2.43. The van der Waals surface area contributed by atoms with Crippen molar-refractivity contribution < 1.29 is 19.0 Å². The molecule has 1 aromatic carbocycles. The van der Waals surface area contributed by atoms with Crippen molar-refractivity contribution in [2.45, 2.75) is 49.4 Å². The van der Waals surface area contributed by atoms with Gasteiger partial charge in [-0.3, -0.25) is 4.79 Å². The van der Waals surface area contributed by atoms with Crippen LogP contribution in [0.1, 0.15) is 50.3 Å². The van der Waals surface area contributed by atoms with Gasteiger partial charge in [-0.05, 0) is 30.5 Å². The van der Waals surface area contributed by atoms with Crippen LogP contribution in [0.5, 0.6) is 11.5 Å². The highest BCUT2D eigenvalue weighted by Crippen LogP contribution is 2.47. The zero-order valence-corrected chi connectivity index (χ0v) is 15.3. The molecule has 0 amide bonds. The van der Waals surface area contributed by atoms with Crippen LogP contribution < -0.4 is 9.47 Å². The Morgan fingerprint density at radius 1 is 1.22 bits per heavy atom. The van der Waals surface area contributed by atoms with E-state index in [1.54, 1.807) is 6.07 Å². The van der Waals surface area contributed by atoms with Crippen LogP contribution >= 0.6 is 34.8 Å². The summed E-state index contributed by atoms with van der Waals surface area (Å²) in [7, 11) is 0. The second-order valence-corrected chi connectivity index (χ2v) is 7.68. The molecule has 0 aliphatic carbocycles. The Balaban J connectivity index is 2.42. The smallest absolute Gasteiger partial charge is 0.306 e. The Morgan fingerprint density at radius 3 is 2.43 bits per heavy atom. The minimum atomic E-state index is -1.78. The Morgan fingerprint density at radius 2 is 1.87 bits per heavy atom. The first-order valence-electron chi connectivity index (χ1n) is 7.55. The van der Waals surface area contributed by atoms with Crippen molar-refractivity contribution in [3.05, 3.63) is 23.3 Å². The molecule has 7 heteroatoms. The van der Waals surface area contributed by atoms with Gasteiger partial charge in [0.2, 0.25) is 10.6 Å². The largest absolute Gasteiger partial charge is 0.454 e. The molecule has 0 saturated heterocycles. The fourth-order valence-corrected chi connectivity index (χ4v) is 2.92. The summed E-state index contributed by atoms with van der Waals surface area (Å²) >= 11 is 18.2. The summed E-state index contributed by atoms with van der Waals surface area (Å²) in [6.07, 6.45) is 1.57. The quantitative estimate of drug-likeness (QED) is 0.506. The number of halogens is 3. The zero-order valence-electron chi connectivity index (χ0n) is 13.0. The molecule has 0 spiro atoms. The minimum absolute atomic E-state index is 0.151. The van der Waals surface area contributed by atoms with E-state index in [0.717, 1.165) is 18.4 Å². The fraction of sp³-hybridized carbons (Fsp3) is 0.562. The molecule has 0 N–H and O–H groups in total. The third-order valence-electron chi connectivity index (χ3n) is 3.44.